The largest absolute Gasteiger partial charge is 0.512 e. The number of aliphatic hydroxyl groups excluding tert-OH is 1. The van der Waals surface area contributed by atoms with Crippen LogP contribution in [-0.4, -0.2) is 31.2 Å². The van der Waals surface area contributed by atoms with Gasteiger partial charge in [0.25, 0.3) is 0 Å². The van der Waals surface area contributed by atoms with Crippen molar-refractivity contribution in [2.75, 3.05) is 14.2 Å². The molecule has 2 aromatic rings. The maximum atomic E-state index is 10.7. The topological polar surface area (TPSA) is 54.2 Å². The highest BCUT2D eigenvalue weighted by atomic mass is 16.5. The predicted molar refractivity (Wildman–Crippen MR) is 179 cm³/mol. The summed E-state index contributed by atoms with van der Waals surface area (Å²) in [5.74, 6) is 1.70. The Kier molecular flexibility index (Phi) is 14.7. The fourth-order valence-corrected chi connectivity index (χ4v) is 4.84. The van der Waals surface area contributed by atoms with E-state index in [0.717, 1.165) is 46.7 Å². The molecule has 3 rings (SSSR count). The van der Waals surface area contributed by atoms with Crippen LogP contribution in [0, 0.1) is 11.8 Å². The van der Waals surface area contributed by atoms with Crippen LogP contribution in [0.1, 0.15) is 89.8 Å². The summed E-state index contributed by atoms with van der Waals surface area (Å²) in [4.78, 5) is 9.34. The number of ether oxygens (including phenoxy) is 1. The average molecular weight is 555 g/mol. The minimum atomic E-state index is 0.163. The maximum absolute atomic E-state index is 10.7. The number of aliphatic imine (C=N–C) groups is 2. The first-order valence-corrected chi connectivity index (χ1v) is 15.1. The monoisotopic (exact) mass is 554 g/mol. The summed E-state index contributed by atoms with van der Waals surface area (Å²) in [6.45, 7) is 14.8. The smallest absolute Gasteiger partial charge is 0.118 e. The van der Waals surface area contributed by atoms with Crippen molar-refractivity contribution < 1.29 is 9.84 Å². The van der Waals surface area contributed by atoms with E-state index < -0.39 is 0 Å². The molecule has 0 saturated carbocycles. The van der Waals surface area contributed by atoms with Crippen LogP contribution in [-0.2, 0) is 0 Å². The lowest BCUT2D eigenvalue weighted by molar-refractivity contribution is 0.389. The number of aliphatic hydroxyl groups is 1. The van der Waals surface area contributed by atoms with Gasteiger partial charge in [-0.15, -0.1) is 0 Å². The highest BCUT2D eigenvalue weighted by molar-refractivity contribution is 6.02. The lowest BCUT2D eigenvalue weighted by atomic mass is 9.83. The highest BCUT2D eigenvalue weighted by Crippen LogP contribution is 2.32. The first-order valence-electron chi connectivity index (χ1n) is 15.1. The fourth-order valence-electron chi connectivity index (χ4n) is 4.84. The predicted octanol–water partition coefficient (Wildman–Crippen LogP) is 10.3. The molecule has 1 N–H and O–H groups in total. The Labute approximate surface area is 249 Å². The molecule has 0 amide bonds. The van der Waals surface area contributed by atoms with E-state index in [0.29, 0.717) is 24.5 Å². The van der Waals surface area contributed by atoms with E-state index >= 15 is 0 Å². The number of rotatable bonds is 12. The van der Waals surface area contributed by atoms with Gasteiger partial charge >= 0.3 is 0 Å². The Morgan fingerprint density at radius 1 is 1.07 bits per heavy atom. The van der Waals surface area contributed by atoms with Crippen LogP contribution in [0.25, 0.3) is 11.1 Å². The molecule has 2 aromatic carbocycles. The maximum Gasteiger partial charge on any atom is 0.118 e. The Morgan fingerprint density at radius 2 is 1.73 bits per heavy atom. The number of benzene rings is 2. The van der Waals surface area contributed by atoms with Crippen molar-refractivity contribution in [2.24, 2.45) is 21.8 Å². The van der Waals surface area contributed by atoms with E-state index in [9.17, 15) is 5.11 Å². The third-order valence-corrected chi connectivity index (χ3v) is 7.28. The minimum Gasteiger partial charge on any atom is -0.512 e. The van der Waals surface area contributed by atoms with Crippen molar-refractivity contribution in [3.05, 3.63) is 101 Å². The van der Waals surface area contributed by atoms with E-state index in [-0.39, 0.29) is 5.92 Å². The summed E-state index contributed by atoms with van der Waals surface area (Å²) in [5.41, 5.74) is 7.54. The van der Waals surface area contributed by atoms with Crippen molar-refractivity contribution in [1.82, 2.24) is 0 Å². The molecule has 1 heterocycles. The normalized spacial score (nSPS) is 18.6. The first-order chi connectivity index (χ1) is 19.9. The number of methoxy groups -OCH3 is 1. The van der Waals surface area contributed by atoms with E-state index in [2.05, 4.69) is 80.9 Å². The zero-order valence-electron chi connectivity index (χ0n) is 26.3. The lowest BCUT2D eigenvalue weighted by Gasteiger charge is -2.27. The molecular formula is C37H50N2O2. The first kappa shape index (κ1) is 33.5. The van der Waals surface area contributed by atoms with Gasteiger partial charge in [-0.1, -0.05) is 83.5 Å². The van der Waals surface area contributed by atoms with Crippen LogP contribution < -0.4 is 4.74 Å². The van der Waals surface area contributed by atoms with Crippen LogP contribution in [0.4, 0.5) is 0 Å². The van der Waals surface area contributed by atoms with Crippen LogP contribution in [0.3, 0.4) is 0 Å². The number of nitrogens with zero attached hydrogens (tertiary/aromatic N) is 2. The van der Waals surface area contributed by atoms with Gasteiger partial charge in [0.2, 0.25) is 0 Å². The molecule has 4 heteroatoms. The van der Waals surface area contributed by atoms with Crippen LogP contribution in [0.15, 0.2) is 94.8 Å². The van der Waals surface area contributed by atoms with Gasteiger partial charge in [0.15, 0.2) is 0 Å². The number of allylic oxidation sites excluding steroid dienone is 7. The molecule has 2 atom stereocenters. The second kappa shape index (κ2) is 17.9. The number of unbranched alkanes of at least 4 members (excludes halogenated alkanes) is 2. The van der Waals surface area contributed by atoms with Crippen molar-refractivity contribution in [3.63, 3.8) is 0 Å². The molecule has 0 aromatic heterocycles. The quantitative estimate of drug-likeness (QED) is 0.123. The molecule has 2 unspecified atom stereocenters. The molecule has 1 aliphatic heterocycles. The van der Waals surface area contributed by atoms with Crippen LogP contribution in [0.2, 0.25) is 0 Å². The molecule has 0 saturated heterocycles. The van der Waals surface area contributed by atoms with E-state index in [1.807, 2.05) is 39.2 Å². The second-order valence-electron chi connectivity index (χ2n) is 10.3. The van der Waals surface area contributed by atoms with Crippen molar-refractivity contribution in [3.8, 4) is 5.75 Å². The van der Waals surface area contributed by atoms with Gasteiger partial charge in [-0.05, 0) is 90.3 Å². The van der Waals surface area contributed by atoms with Gasteiger partial charge in [-0.3, -0.25) is 4.99 Å². The molecule has 0 spiro atoms. The SMILES string of the molecule is C=C(/C=C(\O)CC/C=C1/N=C(c2ccc(OC)cc2)CC(C)C1C=NC)c1ccc(/C(C)=C\CCCC)cc1.CC. The third-order valence-electron chi connectivity index (χ3n) is 7.28. The second-order valence-corrected chi connectivity index (χ2v) is 10.3. The summed E-state index contributed by atoms with van der Waals surface area (Å²) in [6.07, 6.45) is 13.9. The summed E-state index contributed by atoms with van der Waals surface area (Å²) in [6, 6.07) is 16.5. The Bertz CT molecular complexity index is 1240. The van der Waals surface area contributed by atoms with Crippen molar-refractivity contribution in [2.45, 2.75) is 73.1 Å². The van der Waals surface area contributed by atoms with Gasteiger partial charge < -0.3 is 14.8 Å². The lowest BCUT2D eigenvalue weighted by Crippen LogP contribution is -2.24. The van der Waals surface area contributed by atoms with Gasteiger partial charge in [0.05, 0.1) is 12.9 Å². The number of hydrogen-bond acceptors (Lipinski definition) is 4. The molecule has 0 bridgehead atoms. The third kappa shape index (κ3) is 10.4. The molecule has 0 radical (unpaired) electrons. The zero-order chi connectivity index (χ0) is 30.2. The van der Waals surface area contributed by atoms with Crippen molar-refractivity contribution >= 4 is 23.1 Å². The van der Waals surface area contributed by atoms with E-state index in [4.69, 9.17) is 9.73 Å². The van der Waals surface area contributed by atoms with Gasteiger partial charge in [0.1, 0.15) is 5.75 Å². The summed E-state index contributed by atoms with van der Waals surface area (Å²) in [7, 11) is 3.48. The average Bonchev–Trinajstić information content (AvgIpc) is 2.99. The number of hydrogen-bond donors (Lipinski definition) is 1. The van der Waals surface area contributed by atoms with E-state index in [1.165, 1.54) is 24.0 Å². The van der Waals surface area contributed by atoms with E-state index in [1.54, 1.807) is 13.2 Å². The Balaban J connectivity index is 0.00000287. The van der Waals surface area contributed by atoms with Crippen molar-refractivity contribution in [1.29, 1.82) is 0 Å². The van der Waals surface area contributed by atoms with Gasteiger partial charge in [-0.25, -0.2) is 0 Å². The van der Waals surface area contributed by atoms with Gasteiger partial charge in [0, 0.05) is 37.0 Å². The summed E-state index contributed by atoms with van der Waals surface area (Å²) in [5, 5.41) is 10.7. The molecule has 0 aliphatic carbocycles. The molecule has 0 fully saturated rings. The highest BCUT2D eigenvalue weighted by Gasteiger charge is 2.26. The molecule has 1 aliphatic rings. The summed E-state index contributed by atoms with van der Waals surface area (Å²) < 4.78 is 5.30. The molecule has 220 valence electrons. The summed E-state index contributed by atoms with van der Waals surface area (Å²) >= 11 is 0. The van der Waals surface area contributed by atoms with Gasteiger partial charge in [-0.2, -0.15) is 0 Å². The molecule has 41 heavy (non-hydrogen) atoms. The molecular weight excluding hydrogens is 504 g/mol. The minimum absolute atomic E-state index is 0.163. The Hall–Kier alpha value is -3.66. The zero-order valence-corrected chi connectivity index (χ0v) is 26.3. The van der Waals surface area contributed by atoms with Crippen LogP contribution >= 0.6 is 0 Å². The standard InChI is InChI=1S/C35H44N2O2.C2H6/c1-7-8-9-11-25(2)28-14-16-29(17-15-28)26(3)22-31(38)12-10-13-34-33(24-36-5)27(4)23-35(37-34)30-18-20-32(39-6)21-19-30;1-2/h11,13-22,24,27,33,38H,3,7-10,12,23H2,1-2,4-6H3;1-2H3/b25-11-,31-22-,34-13+,36-24?;. The van der Waals surface area contributed by atoms with Crippen LogP contribution in [0.5, 0.6) is 5.75 Å². The molecule has 4 nitrogen and oxygen atoms in total. The Morgan fingerprint density at radius 3 is 2.34 bits per heavy atom. The fraction of sp³-hybridized carbons (Fsp3) is 0.405.